The van der Waals surface area contributed by atoms with Crippen molar-refractivity contribution in [2.45, 2.75) is 24.6 Å². The molecule has 0 aliphatic heterocycles. The molecule has 2 rings (SSSR count). The van der Waals surface area contributed by atoms with Crippen LogP contribution in [0.2, 0.25) is 0 Å². The van der Waals surface area contributed by atoms with Crippen LogP contribution < -0.4 is 11.1 Å². The van der Waals surface area contributed by atoms with Crippen LogP contribution in [0.4, 0.5) is 4.39 Å². The van der Waals surface area contributed by atoms with Gasteiger partial charge < -0.3 is 21.3 Å². The van der Waals surface area contributed by atoms with Gasteiger partial charge in [-0.05, 0) is 0 Å². The first-order valence-electron chi connectivity index (χ1n) is 5.96. The van der Waals surface area contributed by atoms with Crippen LogP contribution in [0.1, 0.15) is 12.8 Å². The Labute approximate surface area is 108 Å². The maximum atomic E-state index is 13.8. The summed E-state index contributed by atoms with van der Waals surface area (Å²) in [4.78, 5) is 33.9. The minimum Gasteiger partial charge on any atom is -0.481 e. The van der Waals surface area contributed by atoms with Crippen molar-refractivity contribution < 1.29 is 29.0 Å². The van der Waals surface area contributed by atoms with E-state index in [1.165, 1.54) is 0 Å². The summed E-state index contributed by atoms with van der Waals surface area (Å²) in [6.07, 6.45) is -2.00. The van der Waals surface area contributed by atoms with E-state index in [0.29, 0.717) is 0 Å². The van der Waals surface area contributed by atoms with Gasteiger partial charge in [0, 0.05) is 31.2 Å². The van der Waals surface area contributed by atoms with Crippen LogP contribution in [0.3, 0.4) is 0 Å². The van der Waals surface area contributed by atoms with Crippen molar-refractivity contribution in [3.8, 4) is 0 Å². The lowest BCUT2D eigenvalue weighted by molar-refractivity contribution is -0.150. The summed E-state index contributed by atoms with van der Waals surface area (Å²) in [5.41, 5.74) is 3.37. The van der Waals surface area contributed by atoms with Crippen molar-refractivity contribution in [2.75, 3.05) is 6.54 Å². The molecule has 7 nitrogen and oxygen atoms in total. The van der Waals surface area contributed by atoms with Gasteiger partial charge >= 0.3 is 11.9 Å². The highest BCUT2D eigenvalue weighted by atomic mass is 19.1. The molecule has 0 aromatic rings. The molecule has 2 aliphatic rings. The van der Waals surface area contributed by atoms with Crippen molar-refractivity contribution in [1.29, 1.82) is 0 Å². The Morgan fingerprint density at radius 3 is 2.42 bits per heavy atom. The minimum absolute atomic E-state index is 0.0387. The second kappa shape index (κ2) is 4.44. The van der Waals surface area contributed by atoms with Crippen LogP contribution in [0.15, 0.2) is 0 Å². The molecule has 0 unspecified atom stereocenters. The third kappa shape index (κ3) is 1.95. The van der Waals surface area contributed by atoms with Crippen molar-refractivity contribution in [1.82, 2.24) is 5.32 Å². The molecule has 5 atom stereocenters. The number of aliphatic carboxylic acids is 2. The molecule has 0 saturated heterocycles. The topological polar surface area (TPSA) is 130 Å². The summed E-state index contributed by atoms with van der Waals surface area (Å²) in [7, 11) is 0. The number of carbonyl (C=O) groups is 3. The zero-order valence-electron chi connectivity index (χ0n) is 10.0. The zero-order valence-corrected chi connectivity index (χ0v) is 10.0. The van der Waals surface area contributed by atoms with Crippen LogP contribution in [0.5, 0.6) is 0 Å². The maximum absolute atomic E-state index is 13.8. The number of carbonyl (C=O) groups excluding carboxylic acids is 1. The Balaban J connectivity index is 2.24. The number of nitrogens with two attached hydrogens (primary N) is 1. The molecular formula is C11H15FN2O5. The van der Waals surface area contributed by atoms with Crippen molar-refractivity contribution >= 4 is 17.8 Å². The lowest BCUT2D eigenvalue weighted by Crippen LogP contribution is -2.56. The summed E-state index contributed by atoms with van der Waals surface area (Å²) >= 11 is 0. The summed E-state index contributed by atoms with van der Waals surface area (Å²) in [5, 5.41) is 20.5. The number of nitrogens with one attached hydrogen (secondary N) is 1. The van der Waals surface area contributed by atoms with Crippen LogP contribution in [0.25, 0.3) is 0 Å². The van der Waals surface area contributed by atoms with E-state index in [-0.39, 0.29) is 13.0 Å². The molecule has 0 heterocycles. The molecule has 0 radical (unpaired) electrons. The van der Waals surface area contributed by atoms with Crippen LogP contribution >= 0.6 is 0 Å². The number of fused-ring (bicyclic) bond motifs is 1. The molecule has 0 spiro atoms. The second-order valence-electron chi connectivity index (χ2n) is 5.05. The normalized spacial score (nSPS) is 39.5. The van der Waals surface area contributed by atoms with Gasteiger partial charge in [-0.1, -0.05) is 0 Å². The van der Waals surface area contributed by atoms with Crippen LogP contribution in [0, 0.1) is 17.8 Å². The molecule has 0 aromatic heterocycles. The molecule has 2 fully saturated rings. The van der Waals surface area contributed by atoms with Gasteiger partial charge in [0.15, 0.2) is 0 Å². The van der Waals surface area contributed by atoms with Gasteiger partial charge in [-0.15, -0.1) is 0 Å². The Morgan fingerprint density at radius 2 is 2.00 bits per heavy atom. The summed E-state index contributed by atoms with van der Waals surface area (Å²) in [6, 6.07) is 0. The third-order valence-electron chi connectivity index (χ3n) is 3.98. The number of hydrogen-bond donors (Lipinski definition) is 4. The van der Waals surface area contributed by atoms with E-state index in [4.69, 9.17) is 10.8 Å². The predicted molar refractivity (Wildman–Crippen MR) is 59.8 cm³/mol. The quantitative estimate of drug-likeness (QED) is 0.507. The van der Waals surface area contributed by atoms with Crippen molar-refractivity contribution in [3.63, 3.8) is 0 Å². The molecule has 2 aliphatic carbocycles. The Morgan fingerprint density at radius 1 is 1.37 bits per heavy atom. The van der Waals surface area contributed by atoms with Gasteiger partial charge in [-0.25, -0.2) is 9.18 Å². The maximum Gasteiger partial charge on any atom is 0.329 e. The standard InChI is InChI=1S/C11H15FN2O5/c12-4-3-11(10(18)19,14-5(15)1-2-13)8-6(4)7(8)9(16)17/h4,6-8H,1-3,13H2,(H,14,15)(H,16,17)(H,18,19)/t4-,6+,7+,8+,11+/m1/s1. The highest BCUT2D eigenvalue weighted by Gasteiger charge is 2.76. The lowest BCUT2D eigenvalue weighted by atomic mass is 9.89. The van der Waals surface area contributed by atoms with E-state index < -0.39 is 53.7 Å². The highest BCUT2D eigenvalue weighted by molar-refractivity contribution is 5.91. The van der Waals surface area contributed by atoms with Crippen molar-refractivity contribution in [2.24, 2.45) is 23.5 Å². The molecule has 1 amide bonds. The molecular weight excluding hydrogens is 259 g/mol. The smallest absolute Gasteiger partial charge is 0.329 e. The van der Waals surface area contributed by atoms with Gasteiger partial charge in [-0.3, -0.25) is 9.59 Å². The van der Waals surface area contributed by atoms with Crippen LogP contribution in [-0.4, -0.2) is 46.3 Å². The average Bonchev–Trinajstić information content (AvgIpc) is 2.97. The monoisotopic (exact) mass is 274 g/mol. The Bertz CT molecular complexity index is 443. The number of rotatable bonds is 5. The summed E-state index contributed by atoms with van der Waals surface area (Å²) in [6.45, 7) is 0.0387. The number of amides is 1. The molecule has 19 heavy (non-hydrogen) atoms. The first-order chi connectivity index (χ1) is 8.85. The number of carboxylic acid groups (broad SMARTS) is 2. The fraction of sp³-hybridized carbons (Fsp3) is 0.727. The second-order valence-corrected chi connectivity index (χ2v) is 5.05. The van der Waals surface area contributed by atoms with Crippen molar-refractivity contribution in [3.05, 3.63) is 0 Å². The van der Waals surface area contributed by atoms with E-state index >= 15 is 0 Å². The minimum atomic E-state index is -1.82. The lowest BCUT2D eigenvalue weighted by Gasteiger charge is -2.28. The Hall–Kier alpha value is -1.70. The van der Waals surface area contributed by atoms with E-state index in [9.17, 15) is 23.9 Å². The number of hydrogen-bond acceptors (Lipinski definition) is 4. The van der Waals surface area contributed by atoms with E-state index in [1.807, 2.05) is 0 Å². The number of halogens is 1. The van der Waals surface area contributed by atoms with Gasteiger partial charge in [0.25, 0.3) is 0 Å². The molecule has 8 heteroatoms. The van der Waals surface area contributed by atoms with E-state index in [1.54, 1.807) is 0 Å². The number of carboxylic acids is 2. The molecule has 2 saturated carbocycles. The molecule has 5 N–H and O–H groups in total. The van der Waals surface area contributed by atoms with Gasteiger partial charge in [0.05, 0.1) is 5.92 Å². The van der Waals surface area contributed by atoms with E-state index in [0.717, 1.165) is 0 Å². The molecule has 0 bridgehead atoms. The molecule has 106 valence electrons. The van der Waals surface area contributed by atoms with Gasteiger partial charge in [-0.2, -0.15) is 0 Å². The van der Waals surface area contributed by atoms with Gasteiger partial charge in [0.1, 0.15) is 11.7 Å². The zero-order chi connectivity index (χ0) is 14.4. The Kier molecular flexibility index (Phi) is 3.21. The number of alkyl halides is 1. The third-order valence-corrected chi connectivity index (χ3v) is 3.98. The fourth-order valence-corrected chi connectivity index (χ4v) is 3.18. The van der Waals surface area contributed by atoms with Crippen LogP contribution in [-0.2, 0) is 14.4 Å². The first kappa shape index (κ1) is 13.7. The SMILES string of the molecule is NCCC(=O)N[C@@]1(C(=O)O)C[C@@H](F)[C@H]2[C@H](C(=O)O)[C@H]21. The summed E-state index contributed by atoms with van der Waals surface area (Å²) in [5.74, 6) is -5.98. The predicted octanol–water partition coefficient (Wildman–Crippen LogP) is -1.04. The van der Waals surface area contributed by atoms with E-state index in [2.05, 4.69) is 5.32 Å². The molecule has 0 aromatic carbocycles. The average molecular weight is 274 g/mol. The largest absolute Gasteiger partial charge is 0.481 e. The highest BCUT2D eigenvalue weighted by Crippen LogP contribution is 2.63. The van der Waals surface area contributed by atoms with Gasteiger partial charge in [0.2, 0.25) is 5.91 Å². The fourth-order valence-electron chi connectivity index (χ4n) is 3.18. The summed E-state index contributed by atoms with van der Waals surface area (Å²) < 4.78 is 13.8. The first-order valence-corrected chi connectivity index (χ1v) is 5.96.